The van der Waals surface area contributed by atoms with Crippen LogP contribution in [0.5, 0.6) is 0 Å². The van der Waals surface area contributed by atoms with E-state index in [-0.39, 0.29) is 0 Å². The highest BCUT2D eigenvalue weighted by atomic mass is 16.5. The van der Waals surface area contributed by atoms with Crippen LogP contribution in [-0.4, -0.2) is 20.1 Å². The molecule has 0 bridgehead atoms. The van der Waals surface area contributed by atoms with E-state index in [9.17, 15) is 0 Å². The maximum absolute atomic E-state index is 5.02. The minimum Gasteiger partial charge on any atom is -0.339 e. The molecule has 1 aliphatic rings. The molecule has 0 radical (unpaired) electrons. The lowest BCUT2D eigenvalue weighted by Crippen LogP contribution is -1.86. The predicted octanol–water partition coefficient (Wildman–Crippen LogP) is 2.41. The van der Waals surface area contributed by atoms with Gasteiger partial charge in [0.25, 0.3) is 0 Å². The van der Waals surface area contributed by atoms with Crippen LogP contribution in [0.4, 0.5) is 0 Å². The molecule has 0 N–H and O–H groups in total. The number of aromatic nitrogens is 4. The fourth-order valence-corrected chi connectivity index (χ4v) is 2.46. The van der Waals surface area contributed by atoms with E-state index < -0.39 is 0 Å². The van der Waals surface area contributed by atoms with Crippen molar-refractivity contribution < 1.29 is 4.52 Å². The third-order valence-electron chi connectivity index (χ3n) is 3.33. The van der Waals surface area contributed by atoms with Gasteiger partial charge in [0.05, 0.1) is 5.69 Å². The lowest BCUT2D eigenvalue weighted by Gasteiger charge is -2.01. The van der Waals surface area contributed by atoms with Gasteiger partial charge in [-0.05, 0) is 17.2 Å². The first-order valence-corrected chi connectivity index (χ1v) is 6.04. The average molecular weight is 250 g/mol. The zero-order chi connectivity index (χ0) is 12.8. The summed E-state index contributed by atoms with van der Waals surface area (Å²) in [6.07, 6.45) is 4.29. The van der Waals surface area contributed by atoms with Crippen LogP contribution in [0.15, 0.2) is 35.2 Å². The first-order chi connectivity index (χ1) is 9.31. The van der Waals surface area contributed by atoms with Gasteiger partial charge in [0, 0.05) is 30.7 Å². The molecule has 1 aliphatic carbocycles. The molecule has 0 fully saturated rings. The van der Waals surface area contributed by atoms with Crippen molar-refractivity contribution in [2.24, 2.45) is 0 Å². The fourth-order valence-electron chi connectivity index (χ4n) is 2.46. The van der Waals surface area contributed by atoms with Crippen LogP contribution >= 0.6 is 0 Å². The van der Waals surface area contributed by atoms with Gasteiger partial charge in [-0.25, -0.2) is 9.97 Å². The van der Waals surface area contributed by atoms with E-state index in [2.05, 4.69) is 32.2 Å². The Balaban J connectivity index is 1.83. The molecular weight excluding hydrogens is 240 g/mol. The summed E-state index contributed by atoms with van der Waals surface area (Å²) in [5, 5.41) is 3.95. The second-order valence-corrected chi connectivity index (χ2v) is 4.57. The Bertz CT molecular complexity index is 779. The molecule has 1 aromatic carbocycles. The summed E-state index contributed by atoms with van der Waals surface area (Å²) in [4.78, 5) is 12.7. The monoisotopic (exact) mass is 250 g/mol. The summed E-state index contributed by atoms with van der Waals surface area (Å²) < 4.78 is 5.02. The quantitative estimate of drug-likeness (QED) is 0.519. The van der Waals surface area contributed by atoms with E-state index in [1.54, 1.807) is 13.3 Å². The van der Waals surface area contributed by atoms with E-state index in [4.69, 9.17) is 4.52 Å². The third-order valence-corrected chi connectivity index (χ3v) is 3.33. The lowest BCUT2D eigenvalue weighted by molar-refractivity contribution is 0.394. The topological polar surface area (TPSA) is 64.7 Å². The highest BCUT2D eigenvalue weighted by Crippen LogP contribution is 2.36. The van der Waals surface area contributed by atoms with E-state index in [0.29, 0.717) is 11.7 Å². The van der Waals surface area contributed by atoms with Crippen molar-refractivity contribution in [2.75, 3.05) is 0 Å². The molecule has 0 spiro atoms. The fraction of sp³-hybridized carbons (Fsp3) is 0.143. The van der Waals surface area contributed by atoms with Crippen molar-refractivity contribution in [1.82, 2.24) is 20.1 Å². The van der Waals surface area contributed by atoms with Crippen LogP contribution < -0.4 is 0 Å². The van der Waals surface area contributed by atoms with Crippen molar-refractivity contribution >= 4 is 0 Å². The van der Waals surface area contributed by atoms with Crippen molar-refractivity contribution in [1.29, 1.82) is 0 Å². The molecule has 4 rings (SSSR count). The number of hydrogen-bond acceptors (Lipinski definition) is 5. The zero-order valence-electron chi connectivity index (χ0n) is 10.3. The molecule has 0 amide bonds. The minimum atomic E-state index is 0.574. The summed E-state index contributed by atoms with van der Waals surface area (Å²) in [6.45, 7) is 1.79. The summed E-state index contributed by atoms with van der Waals surface area (Å²) in [7, 11) is 0. The van der Waals surface area contributed by atoms with E-state index in [1.165, 1.54) is 11.1 Å². The smallest absolute Gasteiger partial charge is 0.223 e. The van der Waals surface area contributed by atoms with Gasteiger partial charge in [-0.1, -0.05) is 17.3 Å². The first kappa shape index (κ1) is 10.4. The molecular formula is C14H10N4O. The van der Waals surface area contributed by atoms with Gasteiger partial charge < -0.3 is 4.52 Å². The van der Waals surface area contributed by atoms with Gasteiger partial charge >= 0.3 is 0 Å². The standard InChI is InChI=1S/C14H10N4O/c1-8-17-14(18-19-8)9-2-3-11-10(4-9)5-13-12(11)6-15-7-16-13/h2-4,6-7H,5H2,1H3. The average Bonchev–Trinajstić information content (AvgIpc) is 3.01. The second-order valence-electron chi connectivity index (χ2n) is 4.57. The second kappa shape index (κ2) is 3.71. The van der Waals surface area contributed by atoms with Crippen LogP contribution in [0.3, 0.4) is 0 Å². The highest BCUT2D eigenvalue weighted by molar-refractivity contribution is 5.77. The molecule has 2 heterocycles. The normalized spacial score (nSPS) is 12.3. The molecule has 0 aliphatic heterocycles. The van der Waals surface area contributed by atoms with Gasteiger partial charge in [0.15, 0.2) is 0 Å². The van der Waals surface area contributed by atoms with Crippen LogP contribution in [-0.2, 0) is 6.42 Å². The Morgan fingerprint density at radius 2 is 2.16 bits per heavy atom. The van der Waals surface area contributed by atoms with Gasteiger partial charge in [-0.3, -0.25) is 0 Å². The maximum atomic E-state index is 5.02. The highest BCUT2D eigenvalue weighted by Gasteiger charge is 2.20. The Labute approximate surface area is 109 Å². The van der Waals surface area contributed by atoms with Crippen molar-refractivity contribution in [3.63, 3.8) is 0 Å². The number of aryl methyl sites for hydroxylation is 1. The summed E-state index contributed by atoms with van der Waals surface area (Å²) >= 11 is 0. The van der Waals surface area contributed by atoms with E-state index >= 15 is 0 Å². The SMILES string of the molecule is Cc1nc(-c2ccc3c(c2)Cc2ncncc2-3)no1. The van der Waals surface area contributed by atoms with Gasteiger partial charge in [-0.15, -0.1) is 0 Å². The minimum absolute atomic E-state index is 0.574. The van der Waals surface area contributed by atoms with Gasteiger partial charge in [0.1, 0.15) is 6.33 Å². The number of hydrogen-bond donors (Lipinski definition) is 0. The molecule has 5 heteroatoms. The Morgan fingerprint density at radius 3 is 3.00 bits per heavy atom. The molecule has 2 aromatic heterocycles. The van der Waals surface area contributed by atoms with Crippen LogP contribution in [0, 0.1) is 6.92 Å². The molecule has 3 aromatic rings. The third kappa shape index (κ3) is 1.55. The maximum Gasteiger partial charge on any atom is 0.223 e. The van der Waals surface area contributed by atoms with Crippen molar-refractivity contribution in [3.8, 4) is 22.5 Å². The number of rotatable bonds is 1. The molecule has 5 nitrogen and oxygen atoms in total. The van der Waals surface area contributed by atoms with E-state index in [0.717, 1.165) is 23.2 Å². The Hall–Kier alpha value is -2.56. The van der Waals surface area contributed by atoms with Crippen LogP contribution in [0.25, 0.3) is 22.5 Å². The summed E-state index contributed by atoms with van der Waals surface area (Å²) in [6, 6.07) is 6.18. The Kier molecular flexibility index (Phi) is 2.03. The number of benzene rings is 1. The largest absolute Gasteiger partial charge is 0.339 e. The molecule has 0 saturated heterocycles. The molecule has 0 atom stereocenters. The van der Waals surface area contributed by atoms with Crippen molar-refractivity contribution in [3.05, 3.63) is 47.9 Å². The summed E-state index contributed by atoms with van der Waals surface area (Å²) in [5.74, 6) is 1.20. The summed E-state index contributed by atoms with van der Waals surface area (Å²) in [5.41, 5.74) is 5.59. The van der Waals surface area contributed by atoms with Crippen LogP contribution in [0.1, 0.15) is 17.1 Å². The van der Waals surface area contributed by atoms with Crippen LogP contribution in [0.2, 0.25) is 0 Å². The lowest BCUT2D eigenvalue weighted by atomic mass is 10.0. The first-order valence-electron chi connectivity index (χ1n) is 6.04. The molecule has 92 valence electrons. The molecule has 0 saturated carbocycles. The van der Waals surface area contributed by atoms with Crippen molar-refractivity contribution in [2.45, 2.75) is 13.3 Å². The van der Waals surface area contributed by atoms with E-state index in [1.807, 2.05) is 12.3 Å². The number of nitrogens with zero attached hydrogens (tertiary/aromatic N) is 4. The van der Waals surface area contributed by atoms with Gasteiger partial charge in [-0.2, -0.15) is 4.98 Å². The molecule has 19 heavy (non-hydrogen) atoms. The predicted molar refractivity (Wildman–Crippen MR) is 68.3 cm³/mol. The Morgan fingerprint density at radius 1 is 1.21 bits per heavy atom. The zero-order valence-corrected chi connectivity index (χ0v) is 10.3. The number of fused-ring (bicyclic) bond motifs is 3. The molecule has 0 unspecified atom stereocenters. The van der Waals surface area contributed by atoms with Gasteiger partial charge in [0.2, 0.25) is 11.7 Å².